The van der Waals surface area contributed by atoms with Gasteiger partial charge in [-0.05, 0) is 25.1 Å². The fourth-order valence-electron chi connectivity index (χ4n) is 1.33. The molecule has 0 aliphatic carbocycles. The number of rotatable bonds is 6. The van der Waals surface area contributed by atoms with Gasteiger partial charge >= 0.3 is 5.97 Å². The molecule has 0 saturated carbocycles. The lowest BCUT2D eigenvalue weighted by Crippen LogP contribution is -2.05. The lowest BCUT2D eigenvalue weighted by Gasteiger charge is -2.09. The number of carboxylic acid groups (broad SMARTS) is 1. The molecule has 0 spiro atoms. The first-order valence-electron chi connectivity index (χ1n) is 5.27. The van der Waals surface area contributed by atoms with Gasteiger partial charge in [0.2, 0.25) is 0 Å². The second-order valence-corrected chi connectivity index (χ2v) is 3.55. The summed E-state index contributed by atoms with van der Waals surface area (Å²) in [5.74, 6) is -0.320. The van der Waals surface area contributed by atoms with Crippen molar-refractivity contribution in [2.24, 2.45) is 0 Å². The maximum absolute atomic E-state index is 10.5. The van der Waals surface area contributed by atoms with Crippen molar-refractivity contribution in [3.05, 3.63) is 35.4 Å². The molecule has 0 fully saturated rings. The maximum Gasteiger partial charge on any atom is 0.328 e. The summed E-state index contributed by atoms with van der Waals surface area (Å²) < 4.78 is 10.4. The highest BCUT2D eigenvalue weighted by Crippen LogP contribution is 2.21. The highest BCUT2D eigenvalue weighted by Gasteiger charge is 2.01. The molecule has 4 heteroatoms. The first-order valence-corrected chi connectivity index (χ1v) is 5.27. The highest BCUT2D eigenvalue weighted by atomic mass is 16.5. The Balaban J connectivity index is 2.83. The van der Waals surface area contributed by atoms with Crippen LogP contribution in [-0.4, -0.2) is 31.4 Å². The minimum absolute atomic E-state index is 0.438. The van der Waals surface area contributed by atoms with E-state index in [0.29, 0.717) is 19.0 Å². The van der Waals surface area contributed by atoms with Crippen molar-refractivity contribution < 1.29 is 19.4 Å². The van der Waals surface area contributed by atoms with Crippen molar-refractivity contribution in [2.75, 3.05) is 20.3 Å². The van der Waals surface area contributed by atoms with Gasteiger partial charge in [0, 0.05) is 18.7 Å². The van der Waals surface area contributed by atoms with E-state index in [4.69, 9.17) is 14.6 Å². The van der Waals surface area contributed by atoms with Crippen LogP contribution in [0.25, 0.3) is 6.08 Å². The summed E-state index contributed by atoms with van der Waals surface area (Å²) in [5, 5.41) is 8.60. The molecule has 0 atom stereocenters. The van der Waals surface area contributed by atoms with E-state index < -0.39 is 5.97 Å². The van der Waals surface area contributed by atoms with E-state index >= 15 is 0 Å². The van der Waals surface area contributed by atoms with Gasteiger partial charge in [-0.2, -0.15) is 0 Å². The Morgan fingerprint density at radius 1 is 1.41 bits per heavy atom. The summed E-state index contributed by atoms with van der Waals surface area (Å²) in [6.07, 6.45) is 2.62. The molecule has 0 bridgehead atoms. The zero-order chi connectivity index (χ0) is 12.7. The molecule has 4 nitrogen and oxygen atoms in total. The largest absolute Gasteiger partial charge is 0.491 e. The van der Waals surface area contributed by atoms with Crippen LogP contribution in [-0.2, 0) is 9.53 Å². The monoisotopic (exact) mass is 236 g/mol. The summed E-state index contributed by atoms with van der Waals surface area (Å²) in [4.78, 5) is 10.5. The number of carboxylic acids is 1. The number of hydrogen-bond donors (Lipinski definition) is 1. The molecule has 0 radical (unpaired) electrons. The standard InChI is InChI=1S/C13H16O4/c1-10-3-5-12(17-8-7-16-2)11(9-10)4-6-13(14)15/h3-6,9H,7-8H2,1-2H3,(H,14,15). The van der Waals surface area contributed by atoms with Crippen LogP contribution in [0.5, 0.6) is 5.75 Å². The van der Waals surface area contributed by atoms with E-state index in [1.807, 2.05) is 25.1 Å². The van der Waals surface area contributed by atoms with Crippen molar-refractivity contribution in [3.8, 4) is 5.75 Å². The first-order chi connectivity index (χ1) is 8.13. The average Bonchev–Trinajstić information content (AvgIpc) is 2.29. The molecule has 0 unspecified atom stereocenters. The lowest BCUT2D eigenvalue weighted by molar-refractivity contribution is -0.131. The number of aliphatic carboxylic acids is 1. The third kappa shape index (κ3) is 4.70. The molecule has 1 aromatic carbocycles. The molecular weight excluding hydrogens is 220 g/mol. The molecule has 1 N–H and O–H groups in total. The van der Waals surface area contributed by atoms with Crippen LogP contribution in [0.3, 0.4) is 0 Å². The van der Waals surface area contributed by atoms with Crippen LogP contribution >= 0.6 is 0 Å². The van der Waals surface area contributed by atoms with Gasteiger partial charge in [-0.25, -0.2) is 4.79 Å². The van der Waals surface area contributed by atoms with Crippen molar-refractivity contribution >= 4 is 12.0 Å². The summed E-state index contributed by atoms with van der Waals surface area (Å²) >= 11 is 0. The predicted molar refractivity (Wildman–Crippen MR) is 65.2 cm³/mol. The van der Waals surface area contributed by atoms with Crippen molar-refractivity contribution in [1.29, 1.82) is 0 Å². The minimum atomic E-state index is -0.977. The Hall–Kier alpha value is -1.81. The molecule has 0 aromatic heterocycles. The highest BCUT2D eigenvalue weighted by molar-refractivity contribution is 5.85. The number of hydrogen-bond acceptors (Lipinski definition) is 3. The Kier molecular flexibility index (Phi) is 5.23. The molecule has 17 heavy (non-hydrogen) atoms. The van der Waals surface area contributed by atoms with Crippen LogP contribution in [0, 0.1) is 6.92 Å². The Morgan fingerprint density at radius 2 is 2.18 bits per heavy atom. The number of benzene rings is 1. The van der Waals surface area contributed by atoms with Crippen LogP contribution < -0.4 is 4.74 Å². The molecule has 1 rings (SSSR count). The maximum atomic E-state index is 10.5. The fraction of sp³-hybridized carbons (Fsp3) is 0.308. The number of carbonyl (C=O) groups is 1. The molecule has 1 aromatic rings. The summed E-state index contributed by atoms with van der Waals surface area (Å²) in [6.45, 7) is 2.88. The lowest BCUT2D eigenvalue weighted by atomic mass is 10.1. The summed E-state index contributed by atoms with van der Waals surface area (Å²) in [6, 6.07) is 5.62. The van der Waals surface area contributed by atoms with E-state index in [-0.39, 0.29) is 0 Å². The Labute approximate surface area is 100 Å². The Morgan fingerprint density at radius 3 is 2.82 bits per heavy atom. The minimum Gasteiger partial charge on any atom is -0.491 e. The van der Waals surface area contributed by atoms with Gasteiger partial charge < -0.3 is 14.6 Å². The molecule has 0 saturated heterocycles. The zero-order valence-electron chi connectivity index (χ0n) is 9.97. The van der Waals surface area contributed by atoms with Gasteiger partial charge in [-0.3, -0.25) is 0 Å². The van der Waals surface area contributed by atoms with Gasteiger partial charge in [-0.1, -0.05) is 11.6 Å². The number of methoxy groups -OCH3 is 1. The third-order valence-electron chi connectivity index (χ3n) is 2.12. The van der Waals surface area contributed by atoms with Gasteiger partial charge in [0.05, 0.1) is 6.61 Å². The molecule has 0 amide bonds. The van der Waals surface area contributed by atoms with Crippen LogP contribution in [0.15, 0.2) is 24.3 Å². The second-order valence-electron chi connectivity index (χ2n) is 3.55. The third-order valence-corrected chi connectivity index (χ3v) is 2.12. The average molecular weight is 236 g/mol. The normalized spacial score (nSPS) is 10.7. The number of ether oxygens (including phenoxy) is 2. The van der Waals surface area contributed by atoms with E-state index in [2.05, 4.69) is 0 Å². The summed E-state index contributed by atoms with van der Waals surface area (Å²) in [7, 11) is 1.60. The Bertz CT molecular complexity index is 410. The van der Waals surface area contributed by atoms with E-state index in [9.17, 15) is 4.79 Å². The van der Waals surface area contributed by atoms with E-state index in [1.54, 1.807) is 7.11 Å². The summed E-state index contributed by atoms with van der Waals surface area (Å²) in [5.41, 5.74) is 1.80. The van der Waals surface area contributed by atoms with Crippen molar-refractivity contribution in [2.45, 2.75) is 6.92 Å². The second kappa shape index (κ2) is 6.70. The van der Waals surface area contributed by atoms with Gasteiger partial charge in [0.15, 0.2) is 0 Å². The smallest absolute Gasteiger partial charge is 0.328 e. The topological polar surface area (TPSA) is 55.8 Å². The zero-order valence-corrected chi connectivity index (χ0v) is 9.97. The van der Waals surface area contributed by atoms with Crippen LogP contribution in [0.4, 0.5) is 0 Å². The predicted octanol–water partition coefficient (Wildman–Crippen LogP) is 2.12. The first kappa shape index (κ1) is 13.3. The fourth-order valence-corrected chi connectivity index (χ4v) is 1.33. The van der Waals surface area contributed by atoms with Gasteiger partial charge in [0.1, 0.15) is 12.4 Å². The molecule has 92 valence electrons. The van der Waals surface area contributed by atoms with Crippen LogP contribution in [0.1, 0.15) is 11.1 Å². The molecule has 0 aliphatic rings. The number of aryl methyl sites for hydroxylation is 1. The van der Waals surface area contributed by atoms with Gasteiger partial charge in [0.25, 0.3) is 0 Å². The molecule has 0 heterocycles. The SMILES string of the molecule is COCCOc1ccc(C)cc1C=CC(=O)O. The van der Waals surface area contributed by atoms with Crippen molar-refractivity contribution in [1.82, 2.24) is 0 Å². The van der Waals surface area contributed by atoms with Crippen molar-refractivity contribution in [3.63, 3.8) is 0 Å². The molecule has 0 aliphatic heterocycles. The molecular formula is C13H16O4. The van der Waals surface area contributed by atoms with Crippen LogP contribution in [0.2, 0.25) is 0 Å². The van der Waals surface area contributed by atoms with E-state index in [0.717, 1.165) is 17.2 Å². The van der Waals surface area contributed by atoms with E-state index in [1.165, 1.54) is 6.08 Å². The quantitative estimate of drug-likeness (QED) is 0.607. The van der Waals surface area contributed by atoms with Gasteiger partial charge in [-0.15, -0.1) is 0 Å².